The zero-order valence-corrected chi connectivity index (χ0v) is 18.1. The third kappa shape index (κ3) is 6.01. The Balaban J connectivity index is 1.65. The maximum absolute atomic E-state index is 12.6. The van der Waals surface area contributed by atoms with Crippen molar-refractivity contribution in [3.05, 3.63) is 99.1 Å². The van der Waals surface area contributed by atoms with Gasteiger partial charge in [-0.1, -0.05) is 36.4 Å². The van der Waals surface area contributed by atoms with E-state index in [0.29, 0.717) is 5.75 Å². The Morgan fingerprint density at radius 2 is 1.76 bits per heavy atom. The molecular formula is C24H22N4O5. The second-order valence-corrected chi connectivity index (χ2v) is 7.10. The Bertz CT molecular complexity index is 1220. The summed E-state index contributed by atoms with van der Waals surface area (Å²) in [6, 6.07) is 18.0. The fourth-order valence-electron chi connectivity index (χ4n) is 2.98. The van der Waals surface area contributed by atoms with Crippen LogP contribution in [-0.2, 0) is 4.79 Å². The van der Waals surface area contributed by atoms with Crippen molar-refractivity contribution in [3.8, 4) is 5.75 Å². The Kier molecular flexibility index (Phi) is 7.48. The highest BCUT2D eigenvalue weighted by Crippen LogP contribution is 2.21. The van der Waals surface area contributed by atoms with Crippen LogP contribution in [0, 0.1) is 24.0 Å². The largest absolute Gasteiger partial charge is 0.483 e. The number of nitro groups is 1. The van der Waals surface area contributed by atoms with Gasteiger partial charge in [-0.15, -0.1) is 0 Å². The van der Waals surface area contributed by atoms with Gasteiger partial charge >= 0.3 is 0 Å². The maximum Gasteiger partial charge on any atom is 0.278 e. The standard InChI is InChI=1S/C24H22N4O5/c1-16-8-7-13-22(17(16)2)33-15-23(29)26-20-11-5-4-10-19(20)24(30)27-25-14-18-9-3-6-12-21(18)28(31)32/h3-14H,15H2,1-2H3,(H,26,29)(H,27,30)/b25-14+. The van der Waals surface area contributed by atoms with E-state index in [1.54, 1.807) is 30.3 Å². The summed E-state index contributed by atoms with van der Waals surface area (Å²) in [6.45, 7) is 3.64. The number of para-hydroxylation sites is 2. The summed E-state index contributed by atoms with van der Waals surface area (Å²) >= 11 is 0. The molecule has 168 valence electrons. The number of carbonyl (C=O) groups excluding carboxylic acids is 2. The van der Waals surface area contributed by atoms with Gasteiger partial charge in [-0.3, -0.25) is 19.7 Å². The lowest BCUT2D eigenvalue weighted by Gasteiger charge is -2.12. The molecular weight excluding hydrogens is 424 g/mol. The van der Waals surface area contributed by atoms with Crippen LogP contribution in [0.2, 0.25) is 0 Å². The molecule has 0 aliphatic rings. The molecule has 0 heterocycles. The third-order valence-electron chi connectivity index (χ3n) is 4.86. The molecule has 0 fully saturated rings. The van der Waals surface area contributed by atoms with Crippen molar-refractivity contribution < 1.29 is 19.2 Å². The average molecular weight is 446 g/mol. The summed E-state index contributed by atoms with van der Waals surface area (Å²) in [5.74, 6) is -0.406. The van der Waals surface area contributed by atoms with Crippen LogP contribution < -0.4 is 15.5 Å². The number of amides is 2. The molecule has 2 N–H and O–H groups in total. The number of ether oxygens (including phenoxy) is 1. The van der Waals surface area contributed by atoms with E-state index in [9.17, 15) is 19.7 Å². The maximum atomic E-state index is 12.6. The zero-order chi connectivity index (χ0) is 23.8. The van der Waals surface area contributed by atoms with E-state index in [2.05, 4.69) is 15.8 Å². The van der Waals surface area contributed by atoms with E-state index in [4.69, 9.17) is 4.74 Å². The lowest BCUT2D eigenvalue weighted by atomic mass is 10.1. The molecule has 0 bridgehead atoms. The van der Waals surface area contributed by atoms with Crippen molar-refractivity contribution in [2.45, 2.75) is 13.8 Å². The minimum Gasteiger partial charge on any atom is -0.483 e. The summed E-state index contributed by atoms with van der Waals surface area (Å²) in [5, 5.41) is 17.5. The summed E-state index contributed by atoms with van der Waals surface area (Å²) in [6.07, 6.45) is 1.19. The summed E-state index contributed by atoms with van der Waals surface area (Å²) < 4.78 is 5.61. The molecule has 0 spiro atoms. The number of hydrogen-bond donors (Lipinski definition) is 2. The van der Waals surface area contributed by atoms with Gasteiger partial charge in [0.1, 0.15) is 5.75 Å². The molecule has 9 heteroatoms. The van der Waals surface area contributed by atoms with E-state index >= 15 is 0 Å². The molecule has 0 atom stereocenters. The number of anilines is 1. The topological polar surface area (TPSA) is 123 Å². The Morgan fingerprint density at radius 3 is 2.55 bits per heavy atom. The van der Waals surface area contributed by atoms with E-state index in [1.165, 1.54) is 30.5 Å². The SMILES string of the molecule is Cc1cccc(OCC(=O)Nc2ccccc2C(=O)N/N=C/c2ccccc2[N+](=O)[O-])c1C. The van der Waals surface area contributed by atoms with Gasteiger partial charge in [0.2, 0.25) is 0 Å². The molecule has 0 saturated carbocycles. The predicted molar refractivity (Wildman–Crippen MR) is 125 cm³/mol. The van der Waals surface area contributed by atoms with Crippen LogP contribution in [0.1, 0.15) is 27.0 Å². The fourth-order valence-corrected chi connectivity index (χ4v) is 2.98. The van der Waals surface area contributed by atoms with Gasteiger partial charge in [-0.25, -0.2) is 5.43 Å². The quantitative estimate of drug-likeness (QED) is 0.308. The molecule has 0 aromatic heterocycles. The summed E-state index contributed by atoms with van der Waals surface area (Å²) in [4.78, 5) is 35.5. The number of nitrogens with zero attached hydrogens (tertiary/aromatic N) is 2. The molecule has 33 heavy (non-hydrogen) atoms. The lowest BCUT2D eigenvalue weighted by molar-refractivity contribution is -0.385. The predicted octanol–water partition coefficient (Wildman–Crippen LogP) is 3.99. The van der Waals surface area contributed by atoms with Crippen LogP contribution in [0.4, 0.5) is 11.4 Å². The highest BCUT2D eigenvalue weighted by atomic mass is 16.6. The van der Waals surface area contributed by atoms with Gasteiger partial charge < -0.3 is 10.1 Å². The molecule has 0 radical (unpaired) electrons. The van der Waals surface area contributed by atoms with Gasteiger partial charge in [0.25, 0.3) is 17.5 Å². The first-order chi connectivity index (χ1) is 15.9. The average Bonchev–Trinajstić information content (AvgIpc) is 2.80. The zero-order valence-electron chi connectivity index (χ0n) is 18.1. The Labute approximate surface area is 190 Å². The number of carbonyl (C=O) groups is 2. The summed E-state index contributed by atoms with van der Waals surface area (Å²) in [5.41, 5.74) is 4.89. The van der Waals surface area contributed by atoms with Gasteiger partial charge in [-0.2, -0.15) is 5.10 Å². The van der Waals surface area contributed by atoms with Gasteiger partial charge in [0, 0.05) is 6.07 Å². The monoisotopic (exact) mass is 446 g/mol. The molecule has 0 aliphatic carbocycles. The number of rotatable bonds is 8. The second-order valence-electron chi connectivity index (χ2n) is 7.10. The molecule has 3 aromatic carbocycles. The molecule has 0 unspecified atom stereocenters. The van der Waals surface area contributed by atoms with E-state index in [1.807, 2.05) is 26.0 Å². The molecule has 0 saturated heterocycles. The van der Waals surface area contributed by atoms with E-state index in [0.717, 1.165) is 11.1 Å². The highest BCUT2D eigenvalue weighted by Gasteiger charge is 2.14. The number of aryl methyl sites for hydroxylation is 1. The first-order valence-corrected chi connectivity index (χ1v) is 10.0. The molecule has 9 nitrogen and oxygen atoms in total. The molecule has 3 aromatic rings. The summed E-state index contributed by atoms with van der Waals surface area (Å²) in [7, 11) is 0. The van der Waals surface area contributed by atoms with Crippen LogP contribution in [0.25, 0.3) is 0 Å². The van der Waals surface area contributed by atoms with E-state index in [-0.39, 0.29) is 29.1 Å². The van der Waals surface area contributed by atoms with Crippen LogP contribution in [-0.4, -0.2) is 29.6 Å². The molecule has 3 rings (SSSR count). The second kappa shape index (κ2) is 10.7. The van der Waals surface area contributed by atoms with Crippen molar-refractivity contribution >= 4 is 29.4 Å². The number of nitrogens with one attached hydrogen (secondary N) is 2. The van der Waals surface area contributed by atoms with E-state index < -0.39 is 16.7 Å². The van der Waals surface area contributed by atoms with Crippen molar-refractivity contribution in [2.24, 2.45) is 5.10 Å². The van der Waals surface area contributed by atoms with Crippen LogP contribution >= 0.6 is 0 Å². The van der Waals surface area contributed by atoms with Crippen molar-refractivity contribution in [1.82, 2.24) is 5.43 Å². The lowest BCUT2D eigenvalue weighted by Crippen LogP contribution is -2.24. The van der Waals surface area contributed by atoms with Crippen molar-refractivity contribution in [2.75, 3.05) is 11.9 Å². The fraction of sp³-hybridized carbons (Fsp3) is 0.125. The number of hydrogen-bond acceptors (Lipinski definition) is 6. The first kappa shape index (κ1) is 23.1. The van der Waals surface area contributed by atoms with Crippen molar-refractivity contribution in [1.29, 1.82) is 0 Å². The Morgan fingerprint density at radius 1 is 1.03 bits per heavy atom. The number of nitro benzene ring substituents is 1. The Hall–Kier alpha value is -4.53. The smallest absolute Gasteiger partial charge is 0.278 e. The van der Waals surface area contributed by atoms with Crippen molar-refractivity contribution in [3.63, 3.8) is 0 Å². The van der Waals surface area contributed by atoms with Crippen LogP contribution in [0.3, 0.4) is 0 Å². The normalized spacial score (nSPS) is 10.6. The van der Waals surface area contributed by atoms with Gasteiger partial charge in [-0.05, 0) is 49.2 Å². The van der Waals surface area contributed by atoms with Crippen LogP contribution in [0.5, 0.6) is 5.75 Å². The number of benzene rings is 3. The van der Waals surface area contributed by atoms with Crippen LogP contribution in [0.15, 0.2) is 71.8 Å². The molecule has 2 amide bonds. The highest BCUT2D eigenvalue weighted by molar-refractivity contribution is 6.04. The third-order valence-corrected chi connectivity index (χ3v) is 4.86. The first-order valence-electron chi connectivity index (χ1n) is 10.0. The molecule has 0 aliphatic heterocycles. The minimum absolute atomic E-state index is 0.132. The van der Waals surface area contributed by atoms with Gasteiger partial charge in [0.05, 0.1) is 28.0 Å². The minimum atomic E-state index is -0.587. The van der Waals surface area contributed by atoms with Gasteiger partial charge in [0.15, 0.2) is 6.61 Å². The number of hydrazone groups is 1.